The molecule has 1 atom stereocenters. The maximum absolute atomic E-state index is 13.4. The Morgan fingerprint density at radius 1 is 1.50 bits per heavy atom. The van der Waals surface area contributed by atoms with E-state index in [2.05, 4.69) is 15.9 Å². The van der Waals surface area contributed by atoms with E-state index in [4.69, 9.17) is 0 Å². The quantitative estimate of drug-likeness (QED) is 0.881. The van der Waals surface area contributed by atoms with Gasteiger partial charge in [-0.25, -0.2) is 4.39 Å². The van der Waals surface area contributed by atoms with Crippen LogP contribution >= 0.6 is 15.9 Å². The Bertz CT molecular complexity index is 316. The molecule has 1 aromatic carbocycles. The SMILES string of the molecule is O[C@@H](CC1CC1)c1c(F)cccc1Br. The molecule has 0 bridgehead atoms. The molecule has 1 nitrogen and oxygen atoms in total. The van der Waals surface area contributed by atoms with Crippen molar-refractivity contribution in [2.75, 3.05) is 0 Å². The summed E-state index contributed by atoms with van der Waals surface area (Å²) >= 11 is 3.26. The molecule has 2 rings (SSSR count). The second-order valence-electron chi connectivity index (χ2n) is 3.83. The van der Waals surface area contributed by atoms with Crippen LogP contribution < -0.4 is 0 Å². The standard InChI is InChI=1S/C11H12BrFO/c12-8-2-1-3-9(13)11(8)10(14)6-7-4-5-7/h1-3,7,10,14H,4-6H2/t10-/m0/s1. The van der Waals surface area contributed by atoms with Crippen molar-refractivity contribution >= 4 is 15.9 Å². The summed E-state index contributed by atoms with van der Waals surface area (Å²) in [4.78, 5) is 0. The molecule has 0 aromatic heterocycles. The Morgan fingerprint density at radius 3 is 2.79 bits per heavy atom. The first kappa shape index (κ1) is 10.1. The van der Waals surface area contributed by atoms with E-state index in [-0.39, 0.29) is 5.82 Å². The third-order valence-corrected chi connectivity index (χ3v) is 3.28. The number of aliphatic hydroxyl groups is 1. The van der Waals surface area contributed by atoms with Gasteiger partial charge in [0.25, 0.3) is 0 Å². The number of benzene rings is 1. The predicted molar refractivity (Wildman–Crippen MR) is 56.4 cm³/mol. The van der Waals surface area contributed by atoms with Gasteiger partial charge in [-0.3, -0.25) is 0 Å². The van der Waals surface area contributed by atoms with Gasteiger partial charge < -0.3 is 5.11 Å². The minimum absolute atomic E-state index is 0.326. The smallest absolute Gasteiger partial charge is 0.130 e. The van der Waals surface area contributed by atoms with Crippen LogP contribution in [0.2, 0.25) is 0 Å². The zero-order valence-corrected chi connectivity index (χ0v) is 9.30. The predicted octanol–water partition coefficient (Wildman–Crippen LogP) is 3.42. The van der Waals surface area contributed by atoms with Crippen molar-refractivity contribution < 1.29 is 9.50 Å². The first-order valence-electron chi connectivity index (χ1n) is 4.80. The van der Waals surface area contributed by atoms with Crippen LogP contribution in [0.4, 0.5) is 4.39 Å². The van der Waals surface area contributed by atoms with Crippen molar-refractivity contribution in [2.45, 2.75) is 25.4 Å². The summed E-state index contributed by atoms with van der Waals surface area (Å²) in [7, 11) is 0. The Labute approximate surface area is 91.1 Å². The number of rotatable bonds is 3. The summed E-state index contributed by atoms with van der Waals surface area (Å²) in [6.07, 6.45) is 2.35. The molecule has 0 unspecified atom stereocenters. The molecule has 0 aliphatic heterocycles. The molecular weight excluding hydrogens is 247 g/mol. The molecule has 0 saturated heterocycles. The van der Waals surface area contributed by atoms with E-state index in [0.29, 0.717) is 22.4 Å². The van der Waals surface area contributed by atoms with Crippen LogP contribution in [0.25, 0.3) is 0 Å². The van der Waals surface area contributed by atoms with E-state index in [0.717, 1.165) is 0 Å². The zero-order valence-electron chi connectivity index (χ0n) is 7.71. The molecule has 1 aliphatic rings. The highest BCUT2D eigenvalue weighted by Gasteiger charge is 2.27. The lowest BCUT2D eigenvalue weighted by Crippen LogP contribution is -2.02. The van der Waals surface area contributed by atoms with Crippen LogP contribution in [0.3, 0.4) is 0 Å². The van der Waals surface area contributed by atoms with Crippen molar-refractivity contribution in [3.05, 3.63) is 34.1 Å². The highest BCUT2D eigenvalue weighted by Crippen LogP contribution is 2.39. The zero-order chi connectivity index (χ0) is 10.1. The fourth-order valence-corrected chi connectivity index (χ4v) is 2.22. The molecule has 1 N–H and O–H groups in total. The Kier molecular flexibility index (Phi) is 2.88. The average molecular weight is 259 g/mol. The van der Waals surface area contributed by atoms with E-state index in [1.807, 2.05) is 0 Å². The van der Waals surface area contributed by atoms with Crippen molar-refractivity contribution in [1.29, 1.82) is 0 Å². The monoisotopic (exact) mass is 258 g/mol. The van der Waals surface area contributed by atoms with Gasteiger partial charge in [0.15, 0.2) is 0 Å². The van der Waals surface area contributed by atoms with Gasteiger partial charge in [0, 0.05) is 10.0 Å². The average Bonchev–Trinajstić information content (AvgIpc) is 2.87. The lowest BCUT2D eigenvalue weighted by atomic mass is 10.0. The van der Waals surface area contributed by atoms with Gasteiger partial charge in [-0.05, 0) is 24.5 Å². The van der Waals surface area contributed by atoms with Gasteiger partial charge in [-0.15, -0.1) is 0 Å². The Balaban J connectivity index is 2.19. The highest BCUT2D eigenvalue weighted by atomic mass is 79.9. The topological polar surface area (TPSA) is 20.2 Å². The van der Waals surface area contributed by atoms with Crippen LogP contribution in [-0.2, 0) is 0 Å². The minimum atomic E-state index is -0.668. The molecule has 0 amide bonds. The van der Waals surface area contributed by atoms with E-state index >= 15 is 0 Å². The first-order chi connectivity index (χ1) is 6.68. The maximum Gasteiger partial charge on any atom is 0.130 e. The molecule has 0 heterocycles. The van der Waals surface area contributed by atoms with E-state index in [1.165, 1.54) is 18.9 Å². The number of hydrogen-bond donors (Lipinski definition) is 1. The van der Waals surface area contributed by atoms with Gasteiger partial charge in [0.2, 0.25) is 0 Å². The largest absolute Gasteiger partial charge is 0.388 e. The Hall–Kier alpha value is -0.410. The fourth-order valence-electron chi connectivity index (χ4n) is 1.62. The molecule has 1 fully saturated rings. The normalized spacial score (nSPS) is 18.2. The summed E-state index contributed by atoms with van der Waals surface area (Å²) in [5.74, 6) is 0.268. The molecule has 76 valence electrons. The van der Waals surface area contributed by atoms with Crippen LogP contribution in [0.1, 0.15) is 30.9 Å². The summed E-state index contributed by atoms with van der Waals surface area (Å²) < 4.78 is 14.0. The van der Waals surface area contributed by atoms with Gasteiger partial charge in [-0.1, -0.05) is 34.8 Å². The van der Waals surface area contributed by atoms with Crippen LogP contribution in [0.5, 0.6) is 0 Å². The summed E-state index contributed by atoms with van der Waals surface area (Å²) in [5.41, 5.74) is 0.402. The van der Waals surface area contributed by atoms with Gasteiger partial charge >= 0.3 is 0 Å². The highest BCUT2D eigenvalue weighted by molar-refractivity contribution is 9.10. The Morgan fingerprint density at radius 2 is 2.21 bits per heavy atom. The van der Waals surface area contributed by atoms with E-state index in [9.17, 15) is 9.50 Å². The molecule has 1 aromatic rings. The van der Waals surface area contributed by atoms with Crippen molar-refractivity contribution in [1.82, 2.24) is 0 Å². The molecular formula is C11H12BrFO. The van der Waals surface area contributed by atoms with Gasteiger partial charge in [0.1, 0.15) is 5.82 Å². The number of hydrogen-bond acceptors (Lipinski definition) is 1. The van der Waals surface area contributed by atoms with Crippen LogP contribution in [0, 0.1) is 11.7 Å². The summed E-state index contributed by atoms with van der Waals surface area (Å²) in [6, 6.07) is 4.78. The molecule has 3 heteroatoms. The number of halogens is 2. The van der Waals surface area contributed by atoms with Crippen LogP contribution in [0.15, 0.2) is 22.7 Å². The van der Waals surface area contributed by atoms with Gasteiger partial charge in [0.05, 0.1) is 6.10 Å². The van der Waals surface area contributed by atoms with Crippen LogP contribution in [-0.4, -0.2) is 5.11 Å². The summed E-state index contributed by atoms with van der Waals surface area (Å²) in [6.45, 7) is 0. The van der Waals surface area contributed by atoms with Crippen molar-refractivity contribution in [3.8, 4) is 0 Å². The lowest BCUT2D eigenvalue weighted by molar-refractivity contribution is 0.155. The lowest BCUT2D eigenvalue weighted by Gasteiger charge is -2.12. The molecule has 0 spiro atoms. The first-order valence-corrected chi connectivity index (χ1v) is 5.59. The molecule has 14 heavy (non-hydrogen) atoms. The van der Waals surface area contributed by atoms with E-state index < -0.39 is 6.10 Å². The third-order valence-electron chi connectivity index (χ3n) is 2.59. The van der Waals surface area contributed by atoms with Crippen molar-refractivity contribution in [3.63, 3.8) is 0 Å². The second kappa shape index (κ2) is 3.99. The molecule has 0 radical (unpaired) electrons. The molecule has 1 saturated carbocycles. The summed E-state index contributed by atoms with van der Waals surface area (Å²) in [5, 5.41) is 9.82. The minimum Gasteiger partial charge on any atom is -0.388 e. The maximum atomic E-state index is 13.4. The van der Waals surface area contributed by atoms with Crippen molar-refractivity contribution in [2.24, 2.45) is 5.92 Å². The third kappa shape index (κ3) is 2.15. The fraction of sp³-hybridized carbons (Fsp3) is 0.455. The molecule has 1 aliphatic carbocycles. The van der Waals surface area contributed by atoms with Gasteiger partial charge in [-0.2, -0.15) is 0 Å². The van der Waals surface area contributed by atoms with E-state index in [1.54, 1.807) is 12.1 Å². The number of aliphatic hydroxyl groups excluding tert-OH is 1. The second-order valence-corrected chi connectivity index (χ2v) is 4.68.